The molecule has 3 rings (SSSR count). The molecule has 0 fully saturated rings. The van der Waals surface area contributed by atoms with Crippen LogP contribution in [0.5, 0.6) is 0 Å². The highest BCUT2D eigenvalue weighted by molar-refractivity contribution is 5.86. The van der Waals surface area contributed by atoms with E-state index in [-0.39, 0.29) is 12.0 Å². The van der Waals surface area contributed by atoms with Gasteiger partial charge < -0.3 is 9.15 Å². The number of carbonyl (C=O) groups is 1. The molecule has 0 unspecified atom stereocenters. The first kappa shape index (κ1) is 19.5. The minimum absolute atomic E-state index is 0.0962. The third-order valence-electron chi connectivity index (χ3n) is 4.34. The van der Waals surface area contributed by atoms with Gasteiger partial charge >= 0.3 is 5.97 Å². The van der Waals surface area contributed by atoms with E-state index < -0.39 is 5.97 Å². The Balaban J connectivity index is 1.71. The van der Waals surface area contributed by atoms with Gasteiger partial charge in [0.1, 0.15) is 6.61 Å². The molecule has 5 heteroatoms. The molecule has 0 aliphatic carbocycles. The molecule has 0 saturated heterocycles. The summed E-state index contributed by atoms with van der Waals surface area (Å²) in [7, 11) is 0. The summed E-state index contributed by atoms with van der Waals surface area (Å²) in [6, 6.07) is 15.6. The van der Waals surface area contributed by atoms with Crippen LogP contribution in [-0.4, -0.2) is 16.2 Å². The monoisotopic (exact) mass is 376 g/mol. The van der Waals surface area contributed by atoms with E-state index in [0.29, 0.717) is 17.4 Å². The van der Waals surface area contributed by atoms with Gasteiger partial charge in [-0.1, -0.05) is 51.6 Å². The second-order valence-corrected chi connectivity index (χ2v) is 7.79. The molecule has 0 spiro atoms. The number of carbonyl (C=O) groups excluding carboxylic acids is 1. The maximum absolute atomic E-state index is 11.5. The maximum Gasteiger partial charge on any atom is 0.333 e. The van der Waals surface area contributed by atoms with Crippen LogP contribution in [0, 0.1) is 0 Å². The Hall–Kier alpha value is -3.21. The zero-order valence-corrected chi connectivity index (χ0v) is 16.7. The van der Waals surface area contributed by atoms with Gasteiger partial charge in [0.25, 0.3) is 0 Å². The molecular weight excluding hydrogens is 352 g/mol. The summed E-state index contributed by atoms with van der Waals surface area (Å²) in [5.74, 6) is 0.526. The molecule has 0 radical (unpaired) electrons. The van der Waals surface area contributed by atoms with E-state index in [9.17, 15) is 4.79 Å². The number of nitrogens with zero attached hydrogens (tertiary/aromatic N) is 2. The molecule has 1 heterocycles. The second kappa shape index (κ2) is 7.80. The molecule has 0 atom stereocenters. The number of hydrogen-bond donors (Lipinski definition) is 0. The molecule has 0 amide bonds. The number of hydrogen-bond acceptors (Lipinski definition) is 5. The van der Waals surface area contributed by atoms with E-state index in [2.05, 4.69) is 49.7 Å². The average Bonchev–Trinajstić information content (AvgIpc) is 3.16. The van der Waals surface area contributed by atoms with Crippen molar-refractivity contribution in [2.75, 3.05) is 0 Å². The summed E-state index contributed by atoms with van der Waals surface area (Å²) in [6.45, 7) is 11.9. The van der Waals surface area contributed by atoms with Crippen molar-refractivity contribution < 1.29 is 13.9 Å². The van der Waals surface area contributed by atoms with Gasteiger partial charge in [0.15, 0.2) is 0 Å². The third-order valence-corrected chi connectivity index (χ3v) is 4.34. The fraction of sp³-hybridized carbons (Fsp3) is 0.261. The summed E-state index contributed by atoms with van der Waals surface area (Å²) < 4.78 is 11.0. The lowest BCUT2D eigenvalue weighted by Crippen LogP contribution is -2.10. The number of benzene rings is 2. The Bertz CT molecular complexity index is 978. The van der Waals surface area contributed by atoms with Crippen molar-refractivity contribution in [1.82, 2.24) is 10.2 Å². The molecule has 0 bridgehead atoms. The van der Waals surface area contributed by atoms with Gasteiger partial charge in [-0.3, -0.25) is 0 Å². The molecule has 5 nitrogen and oxygen atoms in total. The summed E-state index contributed by atoms with van der Waals surface area (Å²) in [6.07, 6.45) is 0. The van der Waals surface area contributed by atoms with Gasteiger partial charge in [-0.05, 0) is 47.7 Å². The van der Waals surface area contributed by atoms with Crippen molar-refractivity contribution >= 4 is 5.97 Å². The zero-order chi connectivity index (χ0) is 20.3. The van der Waals surface area contributed by atoms with Gasteiger partial charge in [-0.15, -0.1) is 10.2 Å². The second-order valence-electron chi connectivity index (χ2n) is 7.79. The highest BCUT2D eigenvalue weighted by atomic mass is 16.5. The predicted octanol–water partition coefficient (Wildman–Crippen LogP) is 5.32. The van der Waals surface area contributed by atoms with E-state index in [4.69, 9.17) is 9.15 Å². The highest BCUT2D eigenvalue weighted by Gasteiger charge is 2.15. The quantitative estimate of drug-likeness (QED) is 0.445. The topological polar surface area (TPSA) is 65.2 Å². The molecular formula is C23H24N2O3. The molecule has 144 valence electrons. The molecule has 0 aliphatic rings. The first-order valence-electron chi connectivity index (χ1n) is 9.10. The molecule has 0 saturated carbocycles. The Morgan fingerprint density at radius 1 is 0.964 bits per heavy atom. The van der Waals surface area contributed by atoms with Gasteiger partial charge in [0.2, 0.25) is 11.8 Å². The predicted molar refractivity (Wildman–Crippen MR) is 108 cm³/mol. The van der Waals surface area contributed by atoms with Gasteiger partial charge in [0.05, 0.1) is 0 Å². The Morgan fingerprint density at radius 2 is 1.46 bits per heavy atom. The van der Waals surface area contributed by atoms with Crippen LogP contribution >= 0.6 is 0 Å². The average molecular weight is 376 g/mol. The largest absolute Gasteiger partial charge is 0.457 e. The SMILES string of the molecule is C=C(C)C(=O)OCc1ccc(-c2nnc(-c3ccc(C(C)(C)C)cc3)o2)cc1. The van der Waals surface area contributed by atoms with Crippen LogP contribution in [0.25, 0.3) is 22.9 Å². The van der Waals surface area contributed by atoms with Gasteiger partial charge in [0, 0.05) is 16.7 Å². The zero-order valence-electron chi connectivity index (χ0n) is 16.7. The molecule has 28 heavy (non-hydrogen) atoms. The smallest absolute Gasteiger partial charge is 0.333 e. The molecule has 2 aromatic carbocycles. The van der Waals surface area contributed by atoms with Crippen LogP contribution in [0.2, 0.25) is 0 Å². The van der Waals surface area contributed by atoms with Crippen LogP contribution in [0.3, 0.4) is 0 Å². The first-order chi connectivity index (χ1) is 13.2. The number of ether oxygens (including phenoxy) is 1. The minimum atomic E-state index is -0.400. The van der Waals surface area contributed by atoms with Crippen molar-refractivity contribution in [2.45, 2.75) is 39.7 Å². The van der Waals surface area contributed by atoms with E-state index in [1.165, 1.54) is 5.56 Å². The normalized spacial score (nSPS) is 11.3. The number of esters is 1. The van der Waals surface area contributed by atoms with Crippen molar-refractivity contribution in [3.05, 3.63) is 71.8 Å². The third kappa shape index (κ3) is 4.55. The lowest BCUT2D eigenvalue weighted by molar-refractivity contribution is -0.140. The fourth-order valence-electron chi connectivity index (χ4n) is 2.58. The Kier molecular flexibility index (Phi) is 5.45. The van der Waals surface area contributed by atoms with E-state index >= 15 is 0 Å². The minimum Gasteiger partial charge on any atom is -0.457 e. The van der Waals surface area contributed by atoms with Crippen LogP contribution in [0.15, 0.2) is 65.1 Å². The first-order valence-corrected chi connectivity index (χ1v) is 9.10. The van der Waals surface area contributed by atoms with Crippen LogP contribution in [0.4, 0.5) is 0 Å². The Morgan fingerprint density at radius 3 is 1.93 bits per heavy atom. The summed E-state index contributed by atoms with van der Waals surface area (Å²) in [4.78, 5) is 11.5. The summed E-state index contributed by atoms with van der Waals surface area (Å²) in [5.41, 5.74) is 4.29. The standard InChI is InChI=1S/C23H24N2O3/c1-15(2)22(26)27-14-16-6-8-17(9-7-16)20-24-25-21(28-20)18-10-12-19(13-11-18)23(3,4)5/h6-13H,1,14H2,2-5H3. The lowest BCUT2D eigenvalue weighted by Gasteiger charge is -2.18. The van der Waals surface area contributed by atoms with Crippen molar-refractivity contribution in [3.8, 4) is 22.9 Å². The van der Waals surface area contributed by atoms with Gasteiger partial charge in [-0.25, -0.2) is 4.79 Å². The number of rotatable bonds is 5. The molecule has 0 N–H and O–H groups in total. The van der Waals surface area contributed by atoms with E-state index in [0.717, 1.165) is 16.7 Å². The van der Waals surface area contributed by atoms with E-state index in [1.807, 2.05) is 36.4 Å². The van der Waals surface area contributed by atoms with E-state index in [1.54, 1.807) is 6.92 Å². The highest BCUT2D eigenvalue weighted by Crippen LogP contribution is 2.27. The summed E-state index contributed by atoms with van der Waals surface area (Å²) in [5, 5.41) is 8.31. The number of aromatic nitrogens is 2. The molecule has 1 aromatic heterocycles. The fourth-order valence-corrected chi connectivity index (χ4v) is 2.58. The summed E-state index contributed by atoms with van der Waals surface area (Å²) >= 11 is 0. The van der Waals surface area contributed by atoms with Gasteiger partial charge in [-0.2, -0.15) is 0 Å². The molecule has 3 aromatic rings. The Labute approximate surface area is 165 Å². The van der Waals surface area contributed by atoms with Crippen LogP contribution in [-0.2, 0) is 21.6 Å². The van der Waals surface area contributed by atoms with Crippen molar-refractivity contribution in [2.24, 2.45) is 0 Å². The van der Waals surface area contributed by atoms with Crippen molar-refractivity contribution in [1.29, 1.82) is 0 Å². The van der Waals surface area contributed by atoms with Crippen molar-refractivity contribution in [3.63, 3.8) is 0 Å². The van der Waals surface area contributed by atoms with Crippen LogP contribution in [0.1, 0.15) is 38.8 Å². The van der Waals surface area contributed by atoms with Crippen LogP contribution < -0.4 is 0 Å². The maximum atomic E-state index is 11.5. The molecule has 0 aliphatic heterocycles. The lowest BCUT2D eigenvalue weighted by atomic mass is 9.87.